The molecule has 0 unspecified atom stereocenters. The Morgan fingerprint density at radius 2 is 1.95 bits per heavy atom. The highest BCUT2D eigenvalue weighted by Crippen LogP contribution is 2.25. The van der Waals surface area contributed by atoms with Crippen LogP contribution >= 0.6 is 0 Å². The van der Waals surface area contributed by atoms with Gasteiger partial charge in [-0.1, -0.05) is 26.7 Å². The minimum atomic E-state index is -0.0835. The van der Waals surface area contributed by atoms with Crippen LogP contribution in [0.4, 0.5) is 0 Å². The predicted molar refractivity (Wildman–Crippen MR) is 85.7 cm³/mol. The quantitative estimate of drug-likeness (QED) is 0.748. The molecular formula is C17H25NO3. The summed E-state index contributed by atoms with van der Waals surface area (Å²) in [6.07, 6.45) is 5.44. The molecule has 0 fully saturated rings. The molecule has 0 spiro atoms. The molecule has 4 heteroatoms. The van der Waals surface area contributed by atoms with Gasteiger partial charge in [0, 0.05) is 24.3 Å². The summed E-state index contributed by atoms with van der Waals surface area (Å²) in [6, 6.07) is 5.49. The molecular weight excluding hydrogens is 266 g/mol. The number of carbonyl (C=O) groups excluding carboxylic acids is 1. The standard InChI is InChI=1S/C17H25NO3/c1-5-13(6-2)12-18-17(19)10-8-14-7-9-15(20-3)11-16(14)21-4/h7-11,13H,5-6,12H2,1-4H3,(H,18,19). The number of hydrogen-bond donors (Lipinski definition) is 1. The SMILES string of the molecule is CCC(CC)CNC(=O)C=Cc1ccc(OC)cc1OC. The van der Waals surface area contributed by atoms with Gasteiger partial charge in [0.15, 0.2) is 0 Å². The highest BCUT2D eigenvalue weighted by molar-refractivity contribution is 5.92. The summed E-state index contributed by atoms with van der Waals surface area (Å²) < 4.78 is 10.4. The van der Waals surface area contributed by atoms with Crippen LogP contribution in [0.15, 0.2) is 24.3 Å². The Balaban J connectivity index is 2.65. The molecule has 1 N–H and O–H groups in total. The normalized spacial score (nSPS) is 10.9. The van der Waals surface area contributed by atoms with Crippen molar-refractivity contribution in [2.45, 2.75) is 26.7 Å². The van der Waals surface area contributed by atoms with Crippen LogP contribution in [0.25, 0.3) is 6.08 Å². The second-order valence-electron chi connectivity index (χ2n) is 4.87. The monoisotopic (exact) mass is 291 g/mol. The predicted octanol–water partition coefficient (Wildman–Crippen LogP) is 3.27. The Morgan fingerprint density at radius 3 is 2.52 bits per heavy atom. The van der Waals surface area contributed by atoms with Crippen molar-refractivity contribution in [3.63, 3.8) is 0 Å². The lowest BCUT2D eigenvalue weighted by Gasteiger charge is -2.12. The summed E-state index contributed by atoms with van der Waals surface area (Å²) >= 11 is 0. The minimum Gasteiger partial charge on any atom is -0.497 e. The third kappa shape index (κ3) is 5.50. The summed E-state index contributed by atoms with van der Waals surface area (Å²) in [7, 11) is 3.20. The van der Waals surface area contributed by atoms with Gasteiger partial charge in [-0.15, -0.1) is 0 Å². The number of rotatable bonds is 8. The van der Waals surface area contributed by atoms with Crippen molar-refractivity contribution in [2.24, 2.45) is 5.92 Å². The van der Waals surface area contributed by atoms with Crippen molar-refractivity contribution in [3.05, 3.63) is 29.8 Å². The van der Waals surface area contributed by atoms with Crippen LogP contribution in [0.5, 0.6) is 11.5 Å². The smallest absolute Gasteiger partial charge is 0.244 e. The maximum Gasteiger partial charge on any atom is 0.244 e. The number of amides is 1. The third-order valence-corrected chi connectivity index (χ3v) is 3.57. The molecule has 0 aromatic heterocycles. The average Bonchev–Trinajstić information content (AvgIpc) is 2.53. The first kappa shape index (κ1) is 17.1. The second kappa shape index (κ2) is 9.06. The van der Waals surface area contributed by atoms with Crippen LogP contribution in [-0.2, 0) is 4.79 Å². The van der Waals surface area contributed by atoms with Gasteiger partial charge < -0.3 is 14.8 Å². The minimum absolute atomic E-state index is 0.0835. The Labute approximate surface area is 127 Å². The van der Waals surface area contributed by atoms with Gasteiger partial charge in [0.1, 0.15) is 11.5 Å². The Bertz CT molecular complexity index is 479. The van der Waals surface area contributed by atoms with E-state index in [0.717, 1.165) is 30.7 Å². The molecule has 0 aliphatic carbocycles. The number of carbonyl (C=O) groups is 1. The fourth-order valence-corrected chi connectivity index (χ4v) is 2.00. The Kier molecular flexibility index (Phi) is 7.37. The molecule has 0 aliphatic heterocycles. The van der Waals surface area contributed by atoms with Gasteiger partial charge in [-0.25, -0.2) is 0 Å². The molecule has 0 atom stereocenters. The fourth-order valence-electron chi connectivity index (χ4n) is 2.00. The van der Waals surface area contributed by atoms with E-state index in [1.165, 1.54) is 6.08 Å². The summed E-state index contributed by atoms with van der Waals surface area (Å²) in [5, 5.41) is 2.92. The average molecular weight is 291 g/mol. The van der Waals surface area contributed by atoms with E-state index in [4.69, 9.17) is 9.47 Å². The fraction of sp³-hybridized carbons (Fsp3) is 0.471. The first-order valence-electron chi connectivity index (χ1n) is 7.32. The highest BCUT2D eigenvalue weighted by atomic mass is 16.5. The lowest BCUT2D eigenvalue weighted by Crippen LogP contribution is -2.27. The number of ether oxygens (including phenoxy) is 2. The van der Waals surface area contributed by atoms with Crippen molar-refractivity contribution >= 4 is 12.0 Å². The Hall–Kier alpha value is -1.97. The van der Waals surface area contributed by atoms with Crippen molar-refractivity contribution in [1.82, 2.24) is 5.32 Å². The van der Waals surface area contributed by atoms with E-state index in [9.17, 15) is 4.79 Å². The maximum absolute atomic E-state index is 11.8. The van der Waals surface area contributed by atoms with Crippen LogP contribution in [0.2, 0.25) is 0 Å². The van der Waals surface area contributed by atoms with Crippen molar-refractivity contribution < 1.29 is 14.3 Å². The zero-order valence-corrected chi connectivity index (χ0v) is 13.3. The van der Waals surface area contributed by atoms with Crippen LogP contribution in [0.1, 0.15) is 32.3 Å². The molecule has 4 nitrogen and oxygen atoms in total. The van der Waals surface area contributed by atoms with Crippen molar-refractivity contribution in [1.29, 1.82) is 0 Å². The van der Waals surface area contributed by atoms with E-state index in [2.05, 4.69) is 19.2 Å². The van der Waals surface area contributed by atoms with Crippen molar-refractivity contribution in [3.8, 4) is 11.5 Å². The van der Waals surface area contributed by atoms with E-state index in [-0.39, 0.29) is 5.91 Å². The van der Waals surface area contributed by atoms with Gasteiger partial charge in [0.25, 0.3) is 0 Å². The largest absolute Gasteiger partial charge is 0.497 e. The molecule has 21 heavy (non-hydrogen) atoms. The summed E-state index contributed by atoms with van der Waals surface area (Å²) in [5.41, 5.74) is 0.844. The molecule has 116 valence electrons. The molecule has 1 aromatic rings. The first-order valence-corrected chi connectivity index (χ1v) is 7.32. The van der Waals surface area contributed by atoms with E-state index in [0.29, 0.717) is 11.7 Å². The summed E-state index contributed by atoms with van der Waals surface area (Å²) in [6.45, 7) is 4.99. The van der Waals surface area contributed by atoms with E-state index in [1.54, 1.807) is 26.4 Å². The van der Waals surface area contributed by atoms with Gasteiger partial charge in [0.2, 0.25) is 5.91 Å². The number of benzene rings is 1. The van der Waals surface area contributed by atoms with Crippen LogP contribution in [0.3, 0.4) is 0 Å². The summed E-state index contributed by atoms with van der Waals surface area (Å²) in [4.78, 5) is 11.8. The lowest BCUT2D eigenvalue weighted by molar-refractivity contribution is -0.116. The van der Waals surface area contributed by atoms with Crippen LogP contribution in [0, 0.1) is 5.92 Å². The molecule has 0 radical (unpaired) electrons. The zero-order valence-electron chi connectivity index (χ0n) is 13.3. The van der Waals surface area contributed by atoms with Gasteiger partial charge in [-0.05, 0) is 24.1 Å². The molecule has 0 bridgehead atoms. The van der Waals surface area contributed by atoms with E-state index < -0.39 is 0 Å². The molecule has 0 saturated heterocycles. The molecule has 1 aromatic carbocycles. The number of nitrogens with one attached hydrogen (secondary N) is 1. The second-order valence-corrected chi connectivity index (χ2v) is 4.87. The van der Waals surface area contributed by atoms with Gasteiger partial charge >= 0.3 is 0 Å². The van der Waals surface area contributed by atoms with Gasteiger partial charge in [-0.3, -0.25) is 4.79 Å². The topological polar surface area (TPSA) is 47.6 Å². The van der Waals surface area contributed by atoms with E-state index in [1.807, 2.05) is 12.1 Å². The summed E-state index contributed by atoms with van der Waals surface area (Å²) in [5.74, 6) is 1.86. The van der Waals surface area contributed by atoms with E-state index >= 15 is 0 Å². The lowest BCUT2D eigenvalue weighted by atomic mass is 10.0. The number of methoxy groups -OCH3 is 2. The maximum atomic E-state index is 11.8. The zero-order chi connectivity index (χ0) is 15.7. The Morgan fingerprint density at radius 1 is 1.24 bits per heavy atom. The van der Waals surface area contributed by atoms with Gasteiger partial charge in [0.05, 0.1) is 14.2 Å². The molecule has 1 amide bonds. The molecule has 0 saturated carbocycles. The number of hydrogen-bond acceptors (Lipinski definition) is 3. The van der Waals surface area contributed by atoms with Crippen molar-refractivity contribution in [2.75, 3.05) is 20.8 Å². The molecule has 0 aliphatic rings. The highest BCUT2D eigenvalue weighted by Gasteiger charge is 2.05. The van der Waals surface area contributed by atoms with Crippen LogP contribution in [-0.4, -0.2) is 26.7 Å². The van der Waals surface area contributed by atoms with Gasteiger partial charge in [-0.2, -0.15) is 0 Å². The molecule has 1 rings (SSSR count). The first-order chi connectivity index (χ1) is 10.1. The molecule has 0 heterocycles. The van der Waals surface area contributed by atoms with Crippen LogP contribution < -0.4 is 14.8 Å². The third-order valence-electron chi connectivity index (χ3n) is 3.57.